The number of esters is 3. The third kappa shape index (κ3) is 68.6. The molecule has 158 valence electrons. The van der Waals surface area contributed by atoms with Crippen LogP contribution < -0.4 is 0 Å². The van der Waals surface area contributed by atoms with Gasteiger partial charge in [0.1, 0.15) is 13.2 Å². The number of carbonyl (C=O) groups excluding carboxylic acids is 3. The van der Waals surface area contributed by atoms with E-state index in [-0.39, 0.29) is 24.7 Å². The van der Waals surface area contributed by atoms with Gasteiger partial charge >= 0.3 is 17.9 Å². The van der Waals surface area contributed by atoms with Gasteiger partial charge in [0.2, 0.25) is 0 Å². The van der Waals surface area contributed by atoms with Crippen LogP contribution in [0.4, 0.5) is 0 Å². The summed E-state index contributed by atoms with van der Waals surface area (Å²) in [4.78, 5) is 30.8. The lowest BCUT2D eigenvalue weighted by atomic mass is 10.7. The zero-order chi connectivity index (χ0) is 22.5. The van der Waals surface area contributed by atoms with Crippen LogP contribution in [0.3, 0.4) is 0 Å². The molecule has 0 aliphatic heterocycles. The maximum absolute atomic E-state index is 10.5. The highest BCUT2D eigenvalue weighted by atomic mass is 32.1. The molecule has 0 aromatic carbocycles. The topological polar surface area (TPSA) is 78.9 Å². The molecule has 0 radical (unpaired) electrons. The lowest BCUT2D eigenvalue weighted by Gasteiger charge is -2.03. The maximum atomic E-state index is 10.5. The van der Waals surface area contributed by atoms with E-state index in [9.17, 15) is 14.4 Å². The molecular weight excluding hydrogens is 388 g/mol. The molecule has 6 nitrogen and oxygen atoms in total. The number of ether oxygens (including phenoxy) is 3. The average molecular weight is 423 g/mol. The molecule has 0 amide bonds. The van der Waals surface area contributed by atoms with E-state index in [1.165, 1.54) is 7.11 Å². The van der Waals surface area contributed by atoms with Crippen LogP contribution in [-0.4, -0.2) is 49.7 Å². The second-order valence-electron chi connectivity index (χ2n) is 3.71. The molecule has 0 aromatic rings. The minimum absolute atomic E-state index is 0.0283. The molecule has 0 unspecified atom stereocenters. The second kappa shape index (κ2) is 39.2. The van der Waals surface area contributed by atoms with Crippen LogP contribution in [0.2, 0.25) is 0 Å². The first-order valence-corrected chi connectivity index (χ1v) is 8.97. The average Bonchev–Trinajstić information content (AvgIpc) is 2.66. The van der Waals surface area contributed by atoms with Gasteiger partial charge in [0, 0.05) is 6.08 Å². The van der Waals surface area contributed by atoms with Crippen LogP contribution >= 0.6 is 25.3 Å². The number of methoxy groups -OCH3 is 1. The SMILES string of the molecule is C=CC.C=CC.C=CC.C=CC(=O)OC.O=C(CS)OCCOC(=O)CS. The largest absolute Gasteiger partial charge is 0.466 e. The third-order valence-electron chi connectivity index (χ3n) is 1.24. The Hall–Kier alpha value is -1.93. The van der Waals surface area contributed by atoms with Gasteiger partial charge in [0.25, 0.3) is 0 Å². The number of rotatable bonds is 6. The summed E-state index contributed by atoms with van der Waals surface area (Å²) in [6.45, 7) is 19.0. The van der Waals surface area contributed by atoms with Crippen molar-refractivity contribution in [1.29, 1.82) is 0 Å². The molecule has 27 heavy (non-hydrogen) atoms. The molecule has 0 aliphatic carbocycles. The first-order valence-electron chi connectivity index (χ1n) is 7.70. The molecule has 0 bridgehead atoms. The normalized spacial score (nSPS) is 7.04. The van der Waals surface area contributed by atoms with Crippen molar-refractivity contribution in [2.45, 2.75) is 20.8 Å². The van der Waals surface area contributed by atoms with Gasteiger partial charge < -0.3 is 14.2 Å². The third-order valence-corrected chi connectivity index (χ3v) is 1.75. The van der Waals surface area contributed by atoms with E-state index in [1.54, 1.807) is 18.2 Å². The zero-order valence-electron chi connectivity index (χ0n) is 16.8. The number of hydrogen-bond donors (Lipinski definition) is 2. The Labute approximate surface area is 175 Å². The number of allylic oxidation sites excluding steroid dienone is 3. The summed E-state index contributed by atoms with van der Waals surface area (Å²) in [5, 5.41) is 0. The smallest absolute Gasteiger partial charge is 0.329 e. The quantitative estimate of drug-likeness (QED) is 0.169. The number of carbonyl (C=O) groups is 3. The van der Waals surface area contributed by atoms with Crippen molar-refractivity contribution >= 4 is 43.2 Å². The van der Waals surface area contributed by atoms with Gasteiger partial charge in [0.05, 0.1) is 18.6 Å². The number of hydrogen-bond acceptors (Lipinski definition) is 8. The van der Waals surface area contributed by atoms with E-state index in [0.717, 1.165) is 6.08 Å². The van der Waals surface area contributed by atoms with Crippen molar-refractivity contribution in [3.8, 4) is 0 Å². The van der Waals surface area contributed by atoms with Gasteiger partial charge in [0.15, 0.2) is 0 Å². The summed E-state index contributed by atoms with van der Waals surface area (Å²) in [7, 11) is 1.31. The van der Waals surface area contributed by atoms with E-state index in [0.29, 0.717) is 0 Å². The van der Waals surface area contributed by atoms with E-state index in [4.69, 9.17) is 0 Å². The molecule has 0 saturated heterocycles. The lowest BCUT2D eigenvalue weighted by Crippen LogP contribution is -2.14. The highest BCUT2D eigenvalue weighted by molar-refractivity contribution is 7.81. The molecule has 0 spiro atoms. The predicted molar refractivity (Wildman–Crippen MR) is 119 cm³/mol. The van der Waals surface area contributed by atoms with E-state index in [2.05, 4.69) is 65.8 Å². The molecule has 8 heteroatoms. The Balaban J connectivity index is -0.0000000896. The highest BCUT2D eigenvalue weighted by Crippen LogP contribution is 1.85. The van der Waals surface area contributed by atoms with E-state index >= 15 is 0 Å². The Bertz CT molecular complexity index is 363. The van der Waals surface area contributed by atoms with Crippen LogP contribution in [0.15, 0.2) is 50.6 Å². The molecule has 0 N–H and O–H groups in total. The van der Waals surface area contributed by atoms with Crippen molar-refractivity contribution in [3.05, 3.63) is 50.6 Å². The van der Waals surface area contributed by atoms with Gasteiger partial charge in [-0.1, -0.05) is 24.8 Å². The number of thiol groups is 2. The van der Waals surface area contributed by atoms with Crippen molar-refractivity contribution in [2.75, 3.05) is 31.8 Å². The molecule has 0 rings (SSSR count). The molecular formula is C19H34O6S2. The standard InChI is InChI=1S/C6H10O4S2.C4H6O2.3C3H6/c7-5(3-11)9-1-2-10-6(8)4-12;1-3-4(5)6-2;3*1-3-2/h11-12H,1-4H2;3H,1H2,2H3;3*3H,1H2,2H3. The molecule has 0 saturated carbocycles. The van der Waals surface area contributed by atoms with Crippen LogP contribution in [0.1, 0.15) is 20.8 Å². The zero-order valence-corrected chi connectivity index (χ0v) is 18.6. The molecule has 0 fully saturated rings. The first-order chi connectivity index (χ1) is 12.8. The summed E-state index contributed by atoms with van der Waals surface area (Å²) in [5.74, 6) is -1.20. The fourth-order valence-corrected chi connectivity index (χ4v) is 0.668. The van der Waals surface area contributed by atoms with Gasteiger partial charge in [-0.25, -0.2) is 4.79 Å². The molecule has 0 aliphatic rings. The predicted octanol–water partition coefficient (Wildman–Crippen LogP) is 3.85. The Morgan fingerprint density at radius 3 is 1.15 bits per heavy atom. The van der Waals surface area contributed by atoms with Crippen molar-refractivity contribution in [1.82, 2.24) is 0 Å². The summed E-state index contributed by atoms with van der Waals surface area (Å²) >= 11 is 7.36. The molecule has 0 heterocycles. The maximum Gasteiger partial charge on any atom is 0.329 e. The Morgan fingerprint density at radius 1 is 0.778 bits per heavy atom. The van der Waals surface area contributed by atoms with Gasteiger partial charge in [-0.2, -0.15) is 25.3 Å². The Morgan fingerprint density at radius 2 is 1.04 bits per heavy atom. The first kappa shape index (κ1) is 36.1. The summed E-state index contributed by atoms with van der Waals surface area (Å²) < 4.78 is 13.3. The van der Waals surface area contributed by atoms with Crippen molar-refractivity contribution < 1.29 is 28.6 Å². The minimum Gasteiger partial charge on any atom is -0.466 e. The van der Waals surface area contributed by atoms with E-state index < -0.39 is 17.9 Å². The van der Waals surface area contributed by atoms with Crippen LogP contribution in [-0.2, 0) is 28.6 Å². The summed E-state index contributed by atoms with van der Waals surface area (Å²) in [6, 6.07) is 0. The molecule has 0 atom stereocenters. The fourth-order valence-electron chi connectivity index (χ4n) is 0.486. The minimum atomic E-state index is -0.430. The Kier molecular flexibility index (Phi) is 52.4. The summed E-state index contributed by atoms with van der Waals surface area (Å²) in [5.41, 5.74) is 0. The lowest BCUT2D eigenvalue weighted by molar-refractivity contribution is -0.148. The monoisotopic (exact) mass is 422 g/mol. The van der Waals surface area contributed by atoms with Crippen molar-refractivity contribution in [2.24, 2.45) is 0 Å². The van der Waals surface area contributed by atoms with Crippen LogP contribution in [0, 0.1) is 0 Å². The van der Waals surface area contributed by atoms with Crippen molar-refractivity contribution in [3.63, 3.8) is 0 Å². The van der Waals surface area contributed by atoms with E-state index in [1.807, 2.05) is 20.8 Å². The summed E-state index contributed by atoms with van der Waals surface area (Å²) in [6.07, 6.45) is 6.36. The van der Waals surface area contributed by atoms with Gasteiger partial charge in [-0.05, 0) is 20.8 Å². The van der Waals surface area contributed by atoms with Gasteiger partial charge in [-0.3, -0.25) is 9.59 Å². The molecule has 0 aromatic heterocycles. The highest BCUT2D eigenvalue weighted by Gasteiger charge is 2.00. The fraction of sp³-hybridized carbons (Fsp3) is 0.421. The van der Waals surface area contributed by atoms with Crippen LogP contribution in [0.5, 0.6) is 0 Å². The van der Waals surface area contributed by atoms with Gasteiger partial charge in [-0.15, -0.1) is 19.7 Å². The second-order valence-corrected chi connectivity index (χ2v) is 4.34. The van der Waals surface area contributed by atoms with Crippen LogP contribution in [0.25, 0.3) is 0 Å².